The number of Topliss-reactive ketones (excluding diaryl/α,β-unsaturated/α-hetero) is 2. The van der Waals surface area contributed by atoms with E-state index in [9.17, 15) is 47.9 Å². The average Bonchev–Trinajstić information content (AvgIpc) is 1.75. The van der Waals surface area contributed by atoms with Gasteiger partial charge in [0.15, 0.2) is 0 Å². The van der Waals surface area contributed by atoms with Gasteiger partial charge in [0.25, 0.3) is 11.8 Å². The fourth-order valence-corrected chi connectivity index (χ4v) is 17.3. The van der Waals surface area contributed by atoms with Crippen molar-refractivity contribution in [1.29, 1.82) is 0 Å². The van der Waals surface area contributed by atoms with Crippen LogP contribution < -0.4 is 60.7 Å². The summed E-state index contributed by atoms with van der Waals surface area (Å²) in [5.74, 6) is -0.540. The molecule has 138 heavy (non-hydrogen) atoms. The van der Waals surface area contributed by atoms with Gasteiger partial charge in [-0.3, -0.25) is 28.8 Å². The number of amides is 4. The molecule has 4 amide bonds. The van der Waals surface area contributed by atoms with E-state index in [2.05, 4.69) is 102 Å². The molecule has 748 valence electrons. The predicted molar refractivity (Wildman–Crippen MR) is 543 cm³/mol. The van der Waals surface area contributed by atoms with E-state index in [4.69, 9.17) is 44.2 Å². The van der Waals surface area contributed by atoms with Gasteiger partial charge in [-0.1, -0.05) is 132 Å². The average molecular weight is 1980 g/mol. The summed E-state index contributed by atoms with van der Waals surface area (Å²) < 4.78 is 45.0. The third-order valence-electron chi connectivity index (χ3n) is 23.0. The number of carbonyl (C=O) groups is 10. The van der Waals surface area contributed by atoms with Crippen LogP contribution in [0.1, 0.15) is 239 Å². The van der Waals surface area contributed by atoms with Crippen molar-refractivity contribution in [1.82, 2.24) is 43.7 Å². The molecule has 32 heteroatoms. The number of ether oxygens (including phenoxy) is 7. The third-order valence-corrected chi connectivity index (χ3v) is 23.5. The molecule has 9 aromatic rings. The number of ketones is 2. The summed E-state index contributed by atoms with van der Waals surface area (Å²) in [5, 5.41) is 19.1. The number of aromatic nitrogens is 5. The maximum Gasteiger partial charge on any atom is 1.00 e. The second kappa shape index (κ2) is 56.9. The van der Waals surface area contributed by atoms with E-state index < -0.39 is 47.2 Å². The SMILES string of the molecule is C.C.C=CCBr.C=CCC(C(=O)CC)C(=O)OCC.CCOC(=O)CC(=O)CC.CCOC(=O)c1cc(C)n(-c2ccccc2)c1CC.CCc1c(-c2nc3cc(C(=O)N4C[C@H]5CC[C@@H]4[C@@H]5NC(=O)OC(C)(C)C)cc(OC)c3n2C)cc(C)n1-c1ccccc1.CCc1c(C(=O)O)cc(C)n1-c1ccccc1.CNc1c(N)cc(C(=O)N2C[C@H]3CC[C@@H]2[C@@H]3NC(=O)OC(C)(C)C)cc1OC.[Na+].[OH-]. The molecule has 2 saturated heterocycles. The van der Waals surface area contributed by atoms with Gasteiger partial charge in [-0.2, -0.15) is 0 Å². The number of nitrogens with one attached hydrogen (secondary N) is 3. The summed E-state index contributed by atoms with van der Waals surface area (Å²) in [4.78, 5) is 128. The zero-order chi connectivity index (χ0) is 99.2. The number of methoxy groups -OCH3 is 2. The van der Waals surface area contributed by atoms with E-state index in [0.717, 1.165) is 106 Å². The van der Waals surface area contributed by atoms with Crippen LogP contribution in [-0.4, -0.2) is 198 Å². The number of carboxylic acid groups (broad SMARTS) is 1. The maximum absolute atomic E-state index is 14.0. The topological polar surface area (TPSA) is 387 Å². The predicted octanol–water partition coefficient (Wildman–Crippen LogP) is 17.4. The number of carboxylic acids is 1. The van der Waals surface area contributed by atoms with Crippen LogP contribution in [0.25, 0.3) is 39.5 Å². The van der Waals surface area contributed by atoms with Crippen molar-refractivity contribution >= 4 is 97.8 Å². The number of allylic oxidation sites excluding steroid dienone is 2. The zero-order valence-electron chi connectivity index (χ0n) is 83.3. The first-order valence-electron chi connectivity index (χ1n) is 45.9. The van der Waals surface area contributed by atoms with Gasteiger partial charge in [0.2, 0.25) is 0 Å². The Morgan fingerprint density at radius 1 is 0.572 bits per heavy atom. The van der Waals surface area contributed by atoms with Crippen molar-refractivity contribution in [2.75, 3.05) is 70.6 Å². The minimum atomic E-state index is -0.861. The number of nitrogen functional groups attached to an aromatic ring is 1. The molecule has 7 atom stereocenters. The number of carbonyl (C=O) groups excluding carboxylic acids is 9. The number of rotatable bonds is 28. The van der Waals surface area contributed by atoms with Crippen LogP contribution in [0.15, 0.2) is 159 Å². The van der Waals surface area contributed by atoms with E-state index >= 15 is 0 Å². The molecule has 7 N–H and O–H groups in total. The number of hydrogen-bond donors (Lipinski definition) is 5. The first-order valence-corrected chi connectivity index (χ1v) is 47.0. The van der Waals surface area contributed by atoms with Crippen LogP contribution >= 0.6 is 15.9 Å². The van der Waals surface area contributed by atoms with Gasteiger partial charge in [0.1, 0.15) is 57.9 Å². The minimum Gasteiger partial charge on any atom is -0.870 e. The second-order valence-electron chi connectivity index (χ2n) is 34.5. The standard InChI is InChI=1S/C34H41N5O4.C20H30N4O4.C16H19NO2.C14H15NO2.C10H16O3.C7H12O3.C3H5Br.2CH4.Na.H2O/c1-8-26-24(16-20(2)39(26)23-12-10-9-11-13-23)31-35-25-17-22(18-28(42-7)30(25)37(31)6)32(40)38-19-21-14-15-27(38)29(21)36-33(41)43-34(3,4)5;1-20(2,3)28-19(26)23-16-11-6-7-14(16)24(10-11)18(25)12-8-13(21)17(22-4)15(9-12)27-5;1-4-15-14(16(18)19-5-2)11-12(3)17(15)13-9-7-6-8-10-13;1-3-13-12(14(16)17)9-10(2)15(13)11-7-5-4-6-8-11;1-4-7-8(9(11)5-2)10(12)13-6-3;1-3-6(8)5-7(9)10-4-2;1-2-3-4;;;;/h9-13,16-18,21,27,29H,8,14-15,19H2,1-7H3,(H,36,41);8-9,11,14,16,22H,6-7,10,21H2,1-5H3,(H,23,26);6-11H,4-5H2,1-3H3;4-9H,3H2,1-2H3,(H,16,17);4,8H,1,5-7H2,2-3H3;3-5H2,1-2H3;2H,1,3H2;2*1H4;;1H2/q;;;;;;;;;+1;/p-1/t21-,27-,29-;11-,14-,16-;;;;;;;;;/m11........./s1. The molecule has 4 bridgehead atoms. The fraction of sp³-hybridized carbons (Fsp3) is 0.462. The molecule has 4 aliphatic rings. The number of alkyl carbamates (subject to hydrolysis) is 2. The summed E-state index contributed by atoms with van der Waals surface area (Å²) in [7, 11) is 6.92. The van der Waals surface area contributed by atoms with Gasteiger partial charge in [-0.25, -0.2) is 24.2 Å². The number of hydrogen-bond acceptors (Lipinski definition) is 21. The zero-order valence-corrected chi connectivity index (χ0v) is 86.8. The maximum atomic E-state index is 14.0. The first kappa shape index (κ1) is 120. The molecule has 0 radical (unpaired) electrons. The van der Waals surface area contributed by atoms with E-state index in [1.807, 2.05) is 188 Å². The number of aromatic carboxylic acids is 1. The van der Waals surface area contributed by atoms with Crippen molar-refractivity contribution in [3.63, 3.8) is 0 Å². The Morgan fingerprint density at radius 2 is 0.993 bits per heavy atom. The van der Waals surface area contributed by atoms with Crippen LogP contribution in [0, 0.1) is 38.5 Å². The number of benzene rings is 5. The number of para-hydroxylation sites is 3. The molecule has 2 saturated carbocycles. The Morgan fingerprint density at radius 3 is 1.38 bits per heavy atom. The summed E-state index contributed by atoms with van der Waals surface area (Å²) in [6, 6.07) is 42.8. The van der Waals surface area contributed by atoms with Crippen LogP contribution in [0.3, 0.4) is 0 Å². The second-order valence-corrected chi connectivity index (χ2v) is 35.2. The van der Waals surface area contributed by atoms with E-state index in [-0.39, 0.29) is 122 Å². The number of nitrogens with two attached hydrogens (primary N) is 1. The van der Waals surface area contributed by atoms with Gasteiger partial charge in [-0.05, 0) is 225 Å². The van der Waals surface area contributed by atoms with Crippen LogP contribution in [0.5, 0.6) is 11.5 Å². The van der Waals surface area contributed by atoms with Crippen molar-refractivity contribution in [3.05, 3.63) is 215 Å². The van der Waals surface area contributed by atoms with Crippen LogP contribution in [-0.2, 0) is 69.2 Å². The molecule has 30 nitrogen and oxygen atoms in total. The molecule has 6 heterocycles. The smallest absolute Gasteiger partial charge is 0.870 e. The third kappa shape index (κ3) is 31.4. The first-order chi connectivity index (χ1) is 63.8. The number of imidazole rings is 1. The Kier molecular flexibility index (Phi) is 49.7. The summed E-state index contributed by atoms with van der Waals surface area (Å²) in [6.45, 7) is 41.2. The number of fused-ring (bicyclic) bond motifs is 5. The van der Waals surface area contributed by atoms with Gasteiger partial charge >= 0.3 is 65.6 Å². The Bertz CT molecular complexity index is 5540. The fourth-order valence-electron chi connectivity index (χ4n) is 17.3. The number of halogens is 1. The number of aryl methyl sites for hydroxylation is 4. The summed E-state index contributed by atoms with van der Waals surface area (Å²) >= 11 is 3.13. The number of anilines is 2. The number of nitrogens with zero attached hydrogens (tertiary/aromatic N) is 7. The number of piperidine rings is 2. The van der Waals surface area contributed by atoms with Crippen molar-refractivity contribution in [3.8, 4) is 39.9 Å². The summed E-state index contributed by atoms with van der Waals surface area (Å²) in [6.07, 6.45) is 9.52. The summed E-state index contributed by atoms with van der Waals surface area (Å²) in [5.41, 5.74) is 20.1. The monoisotopic (exact) mass is 1980 g/mol. The largest absolute Gasteiger partial charge is 1.00 e. The molecule has 5 aromatic carbocycles. The van der Waals surface area contributed by atoms with Crippen LogP contribution in [0.4, 0.5) is 21.0 Å². The number of likely N-dealkylation sites (tertiary alicyclic amines) is 2. The van der Waals surface area contributed by atoms with Gasteiger partial charge in [0, 0.05) is 113 Å². The van der Waals surface area contributed by atoms with E-state index in [1.54, 1.807) is 79.3 Å². The Balaban J connectivity index is 0.000000449. The van der Waals surface area contributed by atoms with Crippen LogP contribution in [0.2, 0.25) is 0 Å². The Labute approximate surface area is 846 Å². The van der Waals surface area contributed by atoms with Crippen molar-refractivity contribution in [2.45, 2.75) is 239 Å². The van der Waals surface area contributed by atoms with E-state index in [0.29, 0.717) is 109 Å². The molecule has 1 unspecified atom stereocenters. The molecule has 4 fully saturated rings. The molecular formula is C106H147BrN11NaO19. The molecule has 0 spiro atoms. The normalized spacial score (nSPS) is 15.6. The van der Waals surface area contributed by atoms with Gasteiger partial charge < -0.3 is 93.5 Å². The molecule has 4 aromatic heterocycles. The van der Waals surface area contributed by atoms with Gasteiger partial charge in [-0.15, -0.1) is 13.2 Å². The van der Waals surface area contributed by atoms with E-state index in [1.165, 1.54) is 5.69 Å². The molecule has 2 aliphatic heterocycles. The number of esters is 3. The Hall–Kier alpha value is -11.8. The minimum absolute atomic E-state index is 0. The molecule has 13 rings (SSSR count). The number of alkyl halides is 1. The quantitative estimate of drug-likeness (QED) is 0.00578. The van der Waals surface area contributed by atoms with Crippen molar-refractivity contribution in [2.24, 2.45) is 24.8 Å². The molecule has 2 aliphatic carbocycles. The van der Waals surface area contributed by atoms with Gasteiger partial charge in [0.05, 0.1) is 86.2 Å². The van der Waals surface area contributed by atoms with Crippen molar-refractivity contribution < 1.29 is 121 Å². The molecular weight excluding hydrogens is 1830 g/mol.